The monoisotopic (exact) mass is 295 g/mol. The number of carboxylic acids is 1. The maximum atomic E-state index is 14.0. The number of methoxy groups -OCH3 is 1. The van der Waals surface area contributed by atoms with Gasteiger partial charge in [0, 0.05) is 12.6 Å². The number of amides is 1. The highest BCUT2D eigenvalue weighted by Gasteiger charge is 2.32. The summed E-state index contributed by atoms with van der Waals surface area (Å²) in [6, 6.07) is 3.79. The lowest BCUT2D eigenvalue weighted by Gasteiger charge is -2.35. The van der Waals surface area contributed by atoms with E-state index in [0.29, 0.717) is 13.0 Å². The molecule has 0 aliphatic carbocycles. The first-order valence-corrected chi connectivity index (χ1v) is 6.90. The third kappa shape index (κ3) is 3.32. The molecule has 1 aromatic rings. The summed E-state index contributed by atoms with van der Waals surface area (Å²) < 4.78 is 19.0. The van der Waals surface area contributed by atoms with E-state index in [-0.39, 0.29) is 17.7 Å². The van der Waals surface area contributed by atoms with Crippen LogP contribution in [-0.4, -0.2) is 41.6 Å². The molecule has 5 nitrogen and oxygen atoms in total. The summed E-state index contributed by atoms with van der Waals surface area (Å²) in [4.78, 5) is 25.0. The molecule has 1 aliphatic heterocycles. The van der Waals surface area contributed by atoms with Gasteiger partial charge in [0.15, 0.2) is 0 Å². The van der Waals surface area contributed by atoms with Gasteiger partial charge >= 0.3 is 5.97 Å². The maximum absolute atomic E-state index is 14.0. The van der Waals surface area contributed by atoms with Crippen LogP contribution in [0.25, 0.3) is 0 Å². The van der Waals surface area contributed by atoms with E-state index in [1.807, 2.05) is 0 Å². The predicted octanol–water partition coefficient (Wildman–Crippen LogP) is 2.30. The Balaban J connectivity index is 2.31. The molecule has 1 aliphatic rings. The second-order valence-electron chi connectivity index (χ2n) is 5.06. The Bertz CT molecular complexity index is 546. The second-order valence-corrected chi connectivity index (χ2v) is 5.06. The lowest BCUT2D eigenvalue weighted by Crippen LogP contribution is -2.45. The fourth-order valence-corrected chi connectivity index (χ4v) is 2.71. The molecule has 0 aromatic heterocycles. The number of carbonyl (C=O) groups excluding carboxylic acids is 1. The van der Waals surface area contributed by atoms with Crippen molar-refractivity contribution in [1.29, 1.82) is 0 Å². The smallest absolute Gasteiger partial charge is 0.305 e. The van der Waals surface area contributed by atoms with Crippen molar-refractivity contribution in [2.45, 2.75) is 31.7 Å². The third-order valence-electron chi connectivity index (χ3n) is 3.71. The second kappa shape index (κ2) is 6.56. The van der Waals surface area contributed by atoms with Gasteiger partial charge in [0.2, 0.25) is 0 Å². The van der Waals surface area contributed by atoms with Crippen LogP contribution in [0.3, 0.4) is 0 Å². The molecule has 1 heterocycles. The number of hydrogen-bond donors (Lipinski definition) is 1. The Hall–Kier alpha value is -2.11. The minimum atomic E-state index is -0.958. The van der Waals surface area contributed by atoms with Crippen LogP contribution >= 0.6 is 0 Å². The van der Waals surface area contributed by atoms with Crippen molar-refractivity contribution in [2.24, 2.45) is 0 Å². The number of benzene rings is 1. The zero-order valence-corrected chi connectivity index (χ0v) is 11.8. The molecule has 0 radical (unpaired) electrons. The summed E-state index contributed by atoms with van der Waals surface area (Å²) in [5.74, 6) is -1.95. The number of halogens is 1. The third-order valence-corrected chi connectivity index (χ3v) is 3.71. The Morgan fingerprint density at radius 2 is 2.19 bits per heavy atom. The summed E-state index contributed by atoms with van der Waals surface area (Å²) in [7, 11) is 1.37. The summed E-state index contributed by atoms with van der Waals surface area (Å²) in [6.07, 6.45) is 2.16. The largest absolute Gasteiger partial charge is 0.496 e. The van der Waals surface area contributed by atoms with Crippen molar-refractivity contribution < 1.29 is 23.8 Å². The number of ether oxygens (including phenoxy) is 1. The number of carboxylic acid groups (broad SMARTS) is 1. The minimum Gasteiger partial charge on any atom is -0.496 e. The first-order valence-electron chi connectivity index (χ1n) is 6.90. The van der Waals surface area contributed by atoms with Gasteiger partial charge in [-0.1, -0.05) is 6.07 Å². The zero-order chi connectivity index (χ0) is 15.4. The average molecular weight is 295 g/mol. The Labute approximate surface area is 122 Å². The molecular formula is C15H18FNO4. The van der Waals surface area contributed by atoms with E-state index in [0.717, 1.165) is 12.8 Å². The highest BCUT2D eigenvalue weighted by molar-refractivity contribution is 5.97. The van der Waals surface area contributed by atoms with Crippen LogP contribution in [0.15, 0.2) is 18.2 Å². The minimum absolute atomic E-state index is 0.123. The number of rotatable bonds is 4. The fourth-order valence-electron chi connectivity index (χ4n) is 2.71. The van der Waals surface area contributed by atoms with Gasteiger partial charge in [-0.15, -0.1) is 0 Å². The standard InChI is InChI=1S/C15H18FNO4/c1-21-12-7-4-6-11(16)14(12)15(20)17-8-3-2-5-10(17)9-13(18)19/h4,6-7,10H,2-3,5,8-9H2,1H3,(H,18,19). The molecule has 0 saturated carbocycles. The molecular weight excluding hydrogens is 277 g/mol. The van der Waals surface area contributed by atoms with Gasteiger partial charge in [-0.3, -0.25) is 9.59 Å². The predicted molar refractivity (Wildman–Crippen MR) is 73.9 cm³/mol. The highest BCUT2D eigenvalue weighted by Crippen LogP contribution is 2.27. The molecule has 21 heavy (non-hydrogen) atoms. The SMILES string of the molecule is COc1cccc(F)c1C(=O)N1CCCCC1CC(=O)O. The summed E-state index contributed by atoms with van der Waals surface area (Å²) in [5.41, 5.74) is -0.128. The van der Waals surface area contributed by atoms with Crippen LogP contribution in [0.5, 0.6) is 5.75 Å². The first kappa shape index (κ1) is 15.3. The van der Waals surface area contributed by atoms with Crippen molar-refractivity contribution in [1.82, 2.24) is 4.90 Å². The fraction of sp³-hybridized carbons (Fsp3) is 0.467. The van der Waals surface area contributed by atoms with Crippen molar-refractivity contribution in [3.63, 3.8) is 0 Å². The van der Waals surface area contributed by atoms with Gasteiger partial charge in [0.1, 0.15) is 17.1 Å². The molecule has 1 atom stereocenters. The lowest BCUT2D eigenvalue weighted by atomic mass is 9.98. The molecule has 0 spiro atoms. The van der Waals surface area contributed by atoms with E-state index >= 15 is 0 Å². The molecule has 1 saturated heterocycles. The molecule has 1 N–H and O–H groups in total. The molecule has 6 heteroatoms. The average Bonchev–Trinajstić information content (AvgIpc) is 2.46. The number of carbonyl (C=O) groups is 2. The van der Waals surface area contributed by atoms with Gasteiger partial charge in [-0.2, -0.15) is 0 Å². The van der Waals surface area contributed by atoms with Gasteiger partial charge < -0.3 is 14.7 Å². The quantitative estimate of drug-likeness (QED) is 0.925. The summed E-state index contributed by atoms with van der Waals surface area (Å²) >= 11 is 0. The number of aliphatic carboxylic acids is 1. The van der Waals surface area contributed by atoms with E-state index in [1.54, 1.807) is 0 Å². The van der Waals surface area contributed by atoms with Crippen LogP contribution in [0.4, 0.5) is 4.39 Å². The van der Waals surface area contributed by atoms with Crippen LogP contribution in [0.2, 0.25) is 0 Å². The van der Waals surface area contributed by atoms with Crippen molar-refractivity contribution in [2.75, 3.05) is 13.7 Å². The Morgan fingerprint density at radius 1 is 1.43 bits per heavy atom. The van der Waals surface area contributed by atoms with E-state index in [1.165, 1.54) is 30.2 Å². The highest BCUT2D eigenvalue weighted by atomic mass is 19.1. The van der Waals surface area contributed by atoms with E-state index in [2.05, 4.69) is 0 Å². The number of hydrogen-bond acceptors (Lipinski definition) is 3. The summed E-state index contributed by atoms with van der Waals surface area (Å²) in [6.45, 7) is 0.439. The molecule has 1 aromatic carbocycles. The molecule has 114 valence electrons. The van der Waals surface area contributed by atoms with Crippen LogP contribution in [-0.2, 0) is 4.79 Å². The summed E-state index contributed by atoms with van der Waals surface area (Å²) in [5, 5.41) is 8.95. The van der Waals surface area contributed by atoms with Crippen LogP contribution in [0, 0.1) is 5.82 Å². The van der Waals surface area contributed by atoms with E-state index in [4.69, 9.17) is 9.84 Å². The zero-order valence-electron chi connectivity index (χ0n) is 11.8. The molecule has 1 unspecified atom stereocenters. The molecule has 0 bridgehead atoms. The van der Waals surface area contributed by atoms with Gasteiger partial charge in [-0.05, 0) is 31.4 Å². The van der Waals surface area contributed by atoms with Crippen LogP contribution in [0.1, 0.15) is 36.0 Å². The van der Waals surface area contributed by atoms with E-state index in [9.17, 15) is 14.0 Å². The number of piperidine rings is 1. The normalized spacial score (nSPS) is 18.4. The maximum Gasteiger partial charge on any atom is 0.305 e. The van der Waals surface area contributed by atoms with Crippen molar-refractivity contribution >= 4 is 11.9 Å². The van der Waals surface area contributed by atoms with Crippen LogP contribution < -0.4 is 4.74 Å². The molecule has 2 rings (SSSR count). The van der Waals surface area contributed by atoms with Gasteiger partial charge in [0.25, 0.3) is 5.91 Å². The molecule has 1 amide bonds. The van der Waals surface area contributed by atoms with Gasteiger partial charge in [0.05, 0.1) is 13.5 Å². The van der Waals surface area contributed by atoms with E-state index < -0.39 is 23.7 Å². The lowest BCUT2D eigenvalue weighted by molar-refractivity contribution is -0.138. The molecule has 1 fully saturated rings. The van der Waals surface area contributed by atoms with Gasteiger partial charge in [-0.25, -0.2) is 4.39 Å². The van der Waals surface area contributed by atoms with Crippen molar-refractivity contribution in [3.8, 4) is 5.75 Å². The van der Waals surface area contributed by atoms with Crippen molar-refractivity contribution in [3.05, 3.63) is 29.6 Å². The topological polar surface area (TPSA) is 66.8 Å². The number of nitrogens with zero attached hydrogens (tertiary/aromatic N) is 1. The Morgan fingerprint density at radius 3 is 2.86 bits per heavy atom. The Kier molecular flexibility index (Phi) is 4.77. The first-order chi connectivity index (χ1) is 10.0. The number of likely N-dealkylation sites (tertiary alicyclic amines) is 1.